The summed E-state index contributed by atoms with van der Waals surface area (Å²) in [6.45, 7) is 2.84. The largest absolute Gasteiger partial charge is 0.311 e. The van der Waals surface area contributed by atoms with Crippen LogP contribution < -0.4 is 10.3 Å². The van der Waals surface area contributed by atoms with Crippen LogP contribution in [0, 0.1) is 6.92 Å². The lowest BCUT2D eigenvalue weighted by Crippen LogP contribution is -2.51. The van der Waals surface area contributed by atoms with Gasteiger partial charge in [0.2, 0.25) is 5.91 Å². The lowest BCUT2D eigenvalue weighted by Gasteiger charge is -2.34. The molecular weight excluding hydrogens is 376 g/mol. The monoisotopic (exact) mass is 402 g/mol. The van der Waals surface area contributed by atoms with Gasteiger partial charge in [0, 0.05) is 24.6 Å². The molecule has 6 heteroatoms. The molecule has 0 aromatic heterocycles. The summed E-state index contributed by atoms with van der Waals surface area (Å²) in [5, 5.41) is 1.88. The number of hydrogen-bond donors (Lipinski definition) is 1. The molecule has 2 aromatic carbocycles. The van der Waals surface area contributed by atoms with E-state index in [0.29, 0.717) is 13.0 Å². The fraction of sp³-hybridized carbons (Fsp3) is 0.333. The summed E-state index contributed by atoms with van der Waals surface area (Å²) in [5.41, 5.74) is 7.98. The van der Waals surface area contributed by atoms with Crippen molar-refractivity contribution < 1.29 is 9.59 Å². The van der Waals surface area contributed by atoms with Gasteiger partial charge < -0.3 is 14.8 Å². The first-order valence-electron chi connectivity index (χ1n) is 10.6. The highest BCUT2D eigenvalue weighted by atomic mass is 16.2. The summed E-state index contributed by atoms with van der Waals surface area (Å²) in [5.74, 6) is -0.0621. The van der Waals surface area contributed by atoms with Gasteiger partial charge in [-0.2, -0.15) is 0 Å². The van der Waals surface area contributed by atoms with Crippen molar-refractivity contribution in [3.05, 3.63) is 77.6 Å². The van der Waals surface area contributed by atoms with Gasteiger partial charge in [-0.1, -0.05) is 48.0 Å². The predicted octanol–water partition coefficient (Wildman–Crippen LogP) is 2.91. The van der Waals surface area contributed by atoms with Crippen LogP contribution in [-0.4, -0.2) is 40.9 Å². The summed E-state index contributed by atoms with van der Waals surface area (Å²) in [4.78, 5) is 29.6. The SMILES string of the molecule is Cc1ccc(C2CC3C(=O)N(CC(=O)N4CCCc5ccccc54)C=CN3N2)cc1. The van der Waals surface area contributed by atoms with E-state index in [1.807, 2.05) is 34.3 Å². The van der Waals surface area contributed by atoms with Crippen LogP contribution in [0.3, 0.4) is 0 Å². The smallest absolute Gasteiger partial charge is 0.251 e. The molecule has 0 saturated carbocycles. The first-order chi connectivity index (χ1) is 14.6. The number of hydrazine groups is 1. The molecule has 3 aliphatic rings. The van der Waals surface area contributed by atoms with E-state index in [0.717, 1.165) is 18.5 Å². The molecule has 2 amide bonds. The number of amides is 2. The fourth-order valence-corrected chi connectivity index (χ4v) is 4.61. The van der Waals surface area contributed by atoms with E-state index in [9.17, 15) is 9.59 Å². The Labute approximate surface area is 176 Å². The molecule has 0 spiro atoms. The van der Waals surface area contributed by atoms with Crippen LogP contribution in [0.2, 0.25) is 0 Å². The zero-order valence-electron chi connectivity index (χ0n) is 17.1. The quantitative estimate of drug-likeness (QED) is 0.858. The Bertz CT molecular complexity index is 1000. The van der Waals surface area contributed by atoms with Gasteiger partial charge in [0.05, 0.1) is 6.04 Å². The Morgan fingerprint density at radius 3 is 2.73 bits per heavy atom. The second kappa shape index (κ2) is 7.61. The molecule has 2 aromatic rings. The number of nitrogens with one attached hydrogen (secondary N) is 1. The van der Waals surface area contributed by atoms with Crippen molar-refractivity contribution in [3.8, 4) is 0 Å². The molecule has 0 radical (unpaired) electrons. The summed E-state index contributed by atoms with van der Waals surface area (Å²) in [6.07, 6.45) is 6.22. The molecule has 1 N–H and O–H groups in total. The van der Waals surface area contributed by atoms with Crippen LogP contribution in [0.1, 0.15) is 35.6 Å². The van der Waals surface area contributed by atoms with Gasteiger partial charge in [0.1, 0.15) is 12.6 Å². The number of rotatable bonds is 3. The van der Waals surface area contributed by atoms with Crippen LogP contribution in [0.25, 0.3) is 0 Å². The van der Waals surface area contributed by atoms with Crippen molar-refractivity contribution >= 4 is 17.5 Å². The number of aryl methyl sites for hydroxylation is 2. The van der Waals surface area contributed by atoms with Crippen molar-refractivity contribution in [1.29, 1.82) is 0 Å². The van der Waals surface area contributed by atoms with Gasteiger partial charge in [-0.3, -0.25) is 9.59 Å². The number of nitrogens with zero attached hydrogens (tertiary/aromatic N) is 3. The van der Waals surface area contributed by atoms with E-state index in [4.69, 9.17) is 0 Å². The van der Waals surface area contributed by atoms with Crippen LogP contribution in [0.5, 0.6) is 0 Å². The maximum atomic E-state index is 13.1. The number of para-hydroxylation sites is 1. The van der Waals surface area contributed by atoms with Gasteiger partial charge in [-0.05, 0) is 43.4 Å². The van der Waals surface area contributed by atoms with E-state index >= 15 is 0 Å². The second-order valence-electron chi connectivity index (χ2n) is 8.29. The molecule has 3 heterocycles. The molecular formula is C24H26N4O2. The summed E-state index contributed by atoms with van der Waals surface area (Å²) >= 11 is 0. The number of anilines is 1. The lowest BCUT2D eigenvalue weighted by molar-refractivity contribution is -0.137. The van der Waals surface area contributed by atoms with Crippen molar-refractivity contribution in [1.82, 2.24) is 15.3 Å². The van der Waals surface area contributed by atoms with Gasteiger partial charge in [0.15, 0.2) is 0 Å². The average molecular weight is 402 g/mol. The number of carbonyl (C=O) groups is 2. The van der Waals surface area contributed by atoms with Gasteiger partial charge in [-0.15, -0.1) is 0 Å². The standard InChI is InChI=1S/C24H26N4O2/c1-17-8-10-18(11-9-17)20-15-22-24(30)26(13-14-28(22)25-20)16-23(29)27-12-4-6-19-5-2-3-7-21(19)27/h2-3,5,7-11,13-14,20,22,25H,4,6,12,15-16H2,1H3. The molecule has 2 atom stereocenters. The Kier molecular flexibility index (Phi) is 4.79. The second-order valence-corrected chi connectivity index (χ2v) is 8.29. The zero-order chi connectivity index (χ0) is 20.7. The molecule has 1 fully saturated rings. The normalized spacial score (nSPS) is 22.8. The van der Waals surface area contributed by atoms with Crippen molar-refractivity contribution in [2.75, 3.05) is 18.0 Å². The first kappa shape index (κ1) is 18.9. The topological polar surface area (TPSA) is 55.9 Å². The van der Waals surface area contributed by atoms with E-state index in [1.165, 1.54) is 16.7 Å². The highest BCUT2D eigenvalue weighted by Gasteiger charge is 2.40. The van der Waals surface area contributed by atoms with Crippen LogP contribution in [0.15, 0.2) is 60.9 Å². The molecule has 5 rings (SSSR count). The Morgan fingerprint density at radius 2 is 1.90 bits per heavy atom. The van der Waals surface area contributed by atoms with E-state index < -0.39 is 0 Å². The summed E-state index contributed by atoms with van der Waals surface area (Å²) in [7, 11) is 0. The highest BCUT2D eigenvalue weighted by Crippen LogP contribution is 2.31. The lowest BCUT2D eigenvalue weighted by atomic mass is 10.00. The third-order valence-electron chi connectivity index (χ3n) is 6.27. The minimum absolute atomic E-state index is 0.0294. The number of fused-ring (bicyclic) bond motifs is 2. The van der Waals surface area contributed by atoms with Crippen molar-refractivity contribution in [2.24, 2.45) is 0 Å². The predicted molar refractivity (Wildman–Crippen MR) is 115 cm³/mol. The van der Waals surface area contributed by atoms with Crippen LogP contribution in [-0.2, 0) is 16.0 Å². The maximum Gasteiger partial charge on any atom is 0.251 e. The Balaban J connectivity index is 1.28. The van der Waals surface area contributed by atoms with Gasteiger partial charge >= 0.3 is 0 Å². The minimum atomic E-state index is -0.289. The molecule has 154 valence electrons. The van der Waals surface area contributed by atoms with E-state index in [2.05, 4.69) is 42.7 Å². The van der Waals surface area contributed by atoms with Gasteiger partial charge in [0.25, 0.3) is 5.91 Å². The highest BCUT2D eigenvalue weighted by molar-refractivity contribution is 5.98. The maximum absolute atomic E-state index is 13.1. The van der Waals surface area contributed by atoms with Gasteiger partial charge in [-0.25, -0.2) is 5.43 Å². The van der Waals surface area contributed by atoms with E-state index in [1.54, 1.807) is 11.1 Å². The number of hydrogen-bond acceptors (Lipinski definition) is 4. The third-order valence-corrected chi connectivity index (χ3v) is 6.27. The molecule has 1 saturated heterocycles. The molecule has 2 unspecified atom stereocenters. The minimum Gasteiger partial charge on any atom is -0.311 e. The third kappa shape index (κ3) is 3.37. The van der Waals surface area contributed by atoms with Crippen LogP contribution in [0.4, 0.5) is 5.69 Å². The summed E-state index contributed by atoms with van der Waals surface area (Å²) in [6, 6.07) is 16.2. The molecule has 0 bridgehead atoms. The molecule has 0 aliphatic carbocycles. The summed E-state index contributed by atoms with van der Waals surface area (Å²) < 4.78 is 0. The molecule has 6 nitrogen and oxygen atoms in total. The Morgan fingerprint density at radius 1 is 1.10 bits per heavy atom. The Hall–Kier alpha value is -3.12. The van der Waals surface area contributed by atoms with E-state index in [-0.39, 0.29) is 30.4 Å². The number of benzene rings is 2. The zero-order valence-corrected chi connectivity index (χ0v) is 17.1. The van der Waals surface area contributed by atoms with Crippen LogP contribution >= 0.6 is 0 Å². The molecule has 3 aliphatic heterocycles. The van der Waals surface area contributed by atoms with Crippen molar-refractivity contribution in [3.63, 3.8) is 0 Å². The first-order valence-corrected chi connectivity index (χ1v) is 10.6. The van der Waals surface area contributed by atoms with Crippen molar-refractivity contribution in [2.45, 2.75) is 38.3 Å². The molecule has 30 heavy (non-hydrogen) atoms. The average Bonchev–Trinajstić information content (AvgIpc) is 3.21. The number of carbonyl (C=O) groups excluding carboxylic acids is 2. The fourth-order valence-electron chi connectivity index (χ4n) is 4.61.